The van der Waals surface area contributed by atoms with Gasteiger partial charge in [-0.25, -0.2) is 8.78 Å². The van der Waals surface area contributed by atoms with E-state index in [0.717, 1.165) is 6.20 Å². The Kier molecular flexibility index (Phi) is 3.54. The molecule has 0 atom stereocenters. The molecule has 0 amide bonds. The average molecular weight is 294 g/mol. The highest BCUT2D eigenvalue weighted by molar-refractivity contribution is 14.1. The summed E-state index contributed by atoms with van der Waals surface area (Å²) >= 11 is 1.90. The van der Waals surface area contributed by atoms with Gasteiger partial charge in [0.2, 0.25) is 0 Å². The third-order valence-electron chi connectivity index (χ3n) is 1.53. The highest BCUT2D eigenvalue weighted by Crippen LogP contribution is 2.25. The van der Waals surface area contributed by atoms with Crippen molar-refractivity contribution in [3.05, 3.63) is 27.1 Å². The molecule has 1 aromatic rings. The van der Waals surface area contributed by atoms with Crippen molar-refractivity contribution in [3.63, 3.8) is 0 Å². The van der Waals surface area contributed by atoms with E-state index in [1.54, 1.807) is 0 Å². The zero-order valence-corrected chi connectivity index (χ0v) is 8.62. The highest BCUT2D eigenvalue weighted by Gasteiger charge is 2.15. The molecular weight excluding hydrogens is 289 g/mol. The molecule has 2 nitrogen and oxygen atoms in total. The Labute approximate surface area is 87.7 Å². The van der Waals surface area contributed by atoms with Gasteiger partial charge < -0.3 is 0 Å². The van der Waals surface area contributed by atoms with E-state index in [0.29, 0.717) is 9.13 Å². The van der Waals surface area contributed by atoms with Crippen LogP contribution in [0.2, 0.25) is 0 Å². The third kappa shape index (κ3) is 2.34. The summed E-state index contributed by atoms with van der Waals surface area (Å²) in [6.07, 6.45) is 0.0181. The summed E-state index contributed by atoms with van der Waals surface area (Å²) in [5, 5.41) is 8.43. The minimum Gasteiger partial charge on any atom is -0.263 e. The quantitative estimate of drug-likeness (QED) is 0.786. The van der Waals surface area contributed by atoms with Gasteiger partial charge in [0.15, 0.2) is 0 Å². The van der Waals surface area contributed by atoms with Crippen molar-refractivity contribution < 1.29 is 8.78 Å². The minimum absolute atomic E-state index is 0.000463. The van der Waals surface area contributed by atoms with Crippen molar-refractivity contribution in [1.29, 1.82) is 5.26 Å². The number of hydrogen-bond acceptors (Lipinski definition) is 2. The second-order valence-electron chi connectivity index (χ2n) is 2.32. The number of aromatic nitrogens is 1. The Morgan fingerprint density at radius 1 is 1.54 bits per heavy atom. The fourth-order valence-corrected chi connectivity index (χ4v) is 1.59. The maximum atomic E-state index is 12.4. The zero-order valence-electron chi connectivity index (χ0n) is 6.47. The Balaban J connectivity index is 3.19. The number of halogens is 3. The molecule has 13 heavy (non-hydrogen) atoms. The molecule has 0 unspecified atom stereocenters. The second-order valence-corrected chi connectivity index (χ2v) is 3.49. The molecule has 1 rings (SSSR count). The monoisotopic (exact) mass is 294 g/mol. The molecule has 0 spiro atoms. The molecule has 0 aliphatic rings. The first-order valence-corrected chi connectivity index (χ1v) is 4.52. The number of pyridine rings is 1. The number of nitriles is 1. The standard InChI is InChI=1S/C8H5F2IN2/c9-8(10)6-3-13-4-7(11)5(6)1-2-12/h3-4,8H,1H2. The molecule has 0 fully saturated rings. The minimum atomic E-state index is -2.56. The fourth-order valence-electron chi connectivity index (χ4n) is 0.930. The molecule has 1 heterocycles. The lowest BCUT2D eigenvalue weighted by Crippen LogP contribution is -1.98. The van der Waals surface area contributed by atoms with E-state index in [1.807, 2.05) is 28.7 Å². The first-order valence-electron chi connectivity index (χ1n) is 3.44. The fraction of sp³-hybridized carbons (Fsp3) is 0.250. The Bertz CT molecular complexity index is 346. The summed E-state index contributed by atoms with van der Waals surface area (Å²) in [4.78, 5) is 3.65. The van der Waals surface area contributed by atoms with Crippen molar-refractivity contribution in [2.45, 2.75) is 12.8 Å². The molecule has 1 aromatic heterocycles. The lowest BCUT2D eigenvalue weighted by atomic mass is 10.1. The molecule has 0 radical (unpaired) electrons. The lowest BCUT2D eigenvalue weighted by molar-refractivity contribution is 0.150. The summed E-state index contributed by atoms with van der Waals surface area (Å²) in [6.45, 7) is 0. The predicted octanol–water partition coefficient (Wildman–Crippen LogP) is 2.69. The maximum absolute atomic E-state index is 12.4. The van der Waals surface area contributed by atoms with Crippen LogP contribution in [0.1, 0.15) is 17.6 Å². The van der Waals surface area contributed by atoms with Crippen LogP contribution < -0.4 is 0 Å². The molecule has 0 aromatic carbocycles. The zero-order chi connectivity index (χ0) is 9.84. The summed E-state index contributed by atoms with van der Waals surface area (Å²) in [5.74, 6) is 0. The van der Waals surface area contributed by atoms with E-state index in [9.17, 15) is 8.78 Å². The molecule has 0 saturated carbocycles. The predicted molar refractivity (Wildman–Crippen MR) is 51.2 cm³/mol. The van der Waals surface area contributed by atoms with E-state index in [-0.39, 0.29) is 12.0 Å². The number of hydrogen-bond donors (Lipinski definition) is 0. The summed E-state index contributed by atoms with van der Waals surface area (Å²) < 4.78 is 25.4. The van der Waals surface area contributed by atoms with Gasteiger partial charge >= 0.3 is 0 Å². The molecule has 0 aliphatic heterocycles. The van der Waals surface area contributed by atoms with E-state index in [2.05, 4.69) is 4.98 Å². The van der Waals surface area contributed by atoms with Crippen LogP contribution >= 0.6 is 22.6 Å². The van der Waals surface area contributed by atoms with E-state index >= 15 is 0 Å². The summed E-state index contributed by atoms with van der Waals surface area (Å²) in [6, 6.07) is 1.85. The SMILES string of the molecule is N#CCc1c(I)cncc1C(F)F. The largest absolute Gasteiger partial charge is 0.265 e. The molecule has 5 heteroatoms. The van der Waals surface area contributed by atoms with Crippen molar-refractivity contribution in [2.75, 3.05) is 0 Å². The molecular formula is C8H5F2IN2. The highest BCUT2D eigenvalue weighted by atomic mass is 127. The van der Waals surface area contributed by atoms with Gasteiger partial charge in [0.25, 0.3) is 6.43 Å². The first-order chi connectivity index (χ1) is 6.16. The van der Waals surface area contributed by atoms with Crippen LogP contribution in [-0.4, -0.2) is 4.98 Å². The average Bonchev–Trinajstić information content (AvgIpc) is 2.08. The van der Waals surface area contributed by atoms with Gasteiger partial charge in [-0.2, -0.15) is 5.26 Å². The van der Waals surface area contributed by atoms with Crippen LogP contribution in [0.3, 0.4) is 0 Å². The van der Waals surface area contributed by atoms with E-state index in [4.69, 9.17) is 5.26 Å². The molecule has 0 N–H and O–H groups in total. The van der Waals surface area contributed by atoms with Crippen LogP contribution in [-0.2, 0) is 6.42 Å². The Morgan fingerprint density at radius 3 is 2.77 bits per heavy atom. The summed E-state index contributed by atoms with van der Waals surface area (Å²) in [5.41, 5.74) is 0.238. The first kappa shape index (κ1) is 10.3. The van der Waals surface area contributed by atoms with Crippen molar-refractivity contribution in [3.8, 4) is 6.07 Å². The van der Waals surface area contributed by atoms with Crippen molar-refractivity contribution >= 4 is 22.6 Å². The molecule has 0 bridgehead atoms. The number of rotatable bonds is 2. The third-order valence-corrected chi connectivity index (χ3v) is 2.46. The lowest BCUT2D eigenvalue weighted by Gasteiger charge is -2.06. The number of nitrogens with zero attached hydrogens (tertiary/aromatic N) is 2. The van der Waals surface area contributed by atoms with Crippen LogP contribution in [0.15, 0.2) is 12.4 Å². The van der Waals surface area contributed by atoms with E-state index < -0.39 is 6.43 Å². The van der Waals surface area contributed by atoms with Crippen molar-refractivity contribution in [1.82, 2.24) is 4.98 Å². The Hall–Kier alpha value is -0.770. The van der Waals surface area contributed by atoms with Gasteiger partial charge in [-0.1, -0.05) is 0 Å². The maximum Gasteiger partial charge on any atom is 0.265 e. The molecule has 0 aliphatic carbocycles. The van der Waals surface area contributed by atoms with Gasteiger partial charge in [0.1, 0.15) is 0 Å². The van der Waals surface area contributed by atoms with Crippen LogP contribution in [0.5, 0.6) is 0 Å². The molecule has 68 valence electrons. The normalized spacial score (nSPS) is 10.1. The van der Waals surface area contributed by atoms with Gasteiger partial charge in [-0.05, 0) is 28.2 Å². The second kappa shape index (κ2) is 4.46. The van der Waals surface area contributed by atoms with Gasteiger partial charge in [0.05, 0.1) is 12.5 Å². The number of alkyl halides is 2. The van der Waals surface area contributed by atoms with Gasteiger partial charge in [0, 0.05) is 21.5 Å². The Morgan fingerprint density at radius 2 is 2.23 bits per heavy atom. The van der Waals surface area contributed by atoms with Crippen LogP contribution in [0.25, 0.3) is 0 Å². The molecule has 0 saturated heterocycles. The summed E-state index contributed by atoms with van der Waals surface area (Å²) in [7, 11) is 0. The van der Waals surface area contributed by atoms with Crippen LogP contribution in [0, 0.1) is 14.9 Å². The van der Waals surface area contributed by atoms with Gasteiger partial charge in [-0.15, -0.1) is 0 Å². The smallest absolute Gasteiger partial charge is 0.263 e. The van der Waals surface area contributed by atoms with E-state index in [1.165, 1.54) is 6.20 Å². The topological polar surface area (TPSA) is 36.7 Å². The van der Waals surface area contributed by atoms with Crippen LogP contribution in [0.4, 0.5) is 8.78 Å². The van der Waals surface area contributed by atoms with Crippen molar-refractivity contribution in [2.24, 2.45) is 0 Å². The van der Waals surface area contributed by atoms with Gasteiger partial charge in [-0.3, -0.25) is 4.98 Å².